The van der Waals surface area contributed by atoms with Gasteiger partial charge in [-0.15, -0.1) is 0 Å². The third-order valence-corrected chi connectivity index (χ3v) is 4.78. The lowest BCUT2D eigenvalue weighted by Gasteiger charge is -2.32. The van der Waals surface area contributed by atoms with Crippen LogP contribution in [0.4, 0.5) is 0 Å². The van der Waals surface area contributed by atoms with Crippen molar-refractivity contribution in [1.29, 1.82) is 0 Å². The van der Waals surface area contributed by atoms with Gasteiger partial charge in [0.25, 0.3) is 11.8 Å². The van der Waals surface area contributed by atoms with Crippen LogP contribution < -0.4 is 10.6 Å². The molecule has 2 aromatic heterocycles. The molecule has 26 heavy (non-hydrogen) atoms. The van der Waals surface area contributed by atoms with Crippen LogP contribution in [0.5, 0.6) is 0 Å². The van der Waals surface area contributed by atoms with Crippen molar-refractivity contribution in [3.05, 3.63) is 58.1 Å². The van der Waals surface area contributed by atoms with E-state index in [2.05, 4.69) is 20.6 Å². The number of pyridine rings is 2. The lowest BCUT2D eigenvalue weighted by Crippen LogP contribution is -2.53. The number of halogens is 2. The van der Waals surface area contributed by atoms with Crippen LogP contribution >= 0.6 is 23.2 Å². The van der Waals surface area contributed by atoms with Crippen molar-refractivity contribution in [1.82, 2.24) is 20.6 Å². The minimum atomic E-state index is -0.306. The van der Waals surface area contributed by atoms with Crippen LogP contribution in [0.25, 0.3) is 0 Å². The summed E-state index contributed by atoms with van der Waals surface area (Å²) >= 11 is 11.8. The number of nitrogens with zero attached hydrogens (tertiary/aromatic N) is 2. The van der Waals surface area contributed by atoms with Gasteiger partial charge in [0.05, 0.1) is 0 Å². The molecule has 8 heteroatoms. The summed E-state index contributed by atoms with van der Waals surface area (Å²) in [4.78, 5) is 33.0. The summed E-state index contributed by atoms with van der Waals surface area (Å²) in [6.45, 7) is 0. The van der Waals surface area contributed by atoms with E-state index in [0.29, 0.717) is 10.0 Å². The van der Waals surface area contributed by atoms with E-state index in [4.69, 9.17) is 23.2 Å². The monoisotopic (exact) mass is 392 g/mol. The van der Waals surface area contributed by atoms with Crippen LogP contribution in [0.2, 0.25) is 10.0 Å². The molecule has 1 fully saturated rings. The van der Waals surface area contributed by atoms with E-state index in [1.165, 1.54) is 24.5 Å². The fraction of sp³-hybridized carbons (Fsp3) is 0.333. The molecule has 0 aliphatic heterocycles. The molecule has 0 spiro atoms. The maximum absolute atomic E-state index is 12.4. The second-order valence-electron chi connectivity index (χ2n) is 6.16. The van der Waals surface area contributed by atoms with Gasteiger partial charge in [-0.2, -0.15) is 0 Å². The highest BCUT2D eigenvalue weighted by atomic mass is 35.5. The number of aromatic nitrogens is 2. The van der Waals surface area contributed by atoms with E-state index in [1.54, 1.807) is 12.1 Å². The van der Waals surface area contributed by atoms with Crippen LogP contribution in [0.3, 0.4) is 0 Å². The molecule has 1 aliphatic carbocycles. The van der Waals surface area contributed by atoms with E-state index in [-0.39, 0.29) is 35.3 Å². The largest absolute Gasteiger partial charge is 0.346 e. The van der Waals surface area contributed by atoms with Gasteiger partial charge in [-0.3, -0.25) is 19.6 Å². The van der Waals surface area contributed by atoms with Crippen molar-refractivity contribution in [2.24, 2.45) is 0 Å². The van der Waals surface area contributed by atoms with E-state index in [0.717, 1.165) is 25.7 Å². The Morgan fingerprint density at radius 3 is 1.65 bits per heavy atom. The van der Waals surface area contributed by atoms with Gasteiger partial charge in [-0.05, 0) is 37.1 Å². The smallest absolute Gasteiger partial charge is 0.270 e. The Morgan fingerprint density at radius 1 is 0.846 bits per heavy atom. The molecule has 2 heterocycles. The molecule has 0 aromatic carbocycles. The van der Waals surface area contributed by atoms with Gasteiger partial charge in [0.2, 0.25) is 0 Å². The molecular formula is C18H18Cl2N4O2. The molecule has 0 saturated heterocycles. The number of rotatable bonds is 4. The van der Waals surface area contributed by atoms with Gasteiger partial charge in [-0.25, -0.2) is 0 Å². The lowest BCUT2D eigenvalue weighted by atomic mass is 9.90. The van der Waals surface area contributed by atoms with E-state index < -0.39 is 0 Å². The summed E-state index contributed by atoms with van der Waals surface area (Å²) in [6.07, 6.45) is 6.50. The Balaban J connectivity index is 1.67. The van der Waals surface area contributed by atoms with Gasteiger partial charge in [0.1, 0.15) is 11.4 Å². The Labute approximate surface area is 161 Å². The number of hydrogen-bond donors (Lipinski definition) is 2. The predicted octanol–water partition coefficient (Wildman–Crippen LogP) is 3.25. The van der Waals surface area contributed by atoms with Crippen molar-refractivity contribution in [3.63, 3.8) is 0 Å². The molecular weight excluding hydrogens is 375 g/mol. The standard InChI is InChI=1S/C18H18Cl2N4O2/c19-11-5-7-21-15(9-11)17(25)23-13-3-1-2-4-14(13)24-18(26)16-10-12(20)6-8-22-16/h5-10,13-14H,1-4H2,(H,23,25)(H,24,26)/t13-,14-/m0/s1. The molecule has 0 radical (unpaired) electrons. The minimum Gasteiger partial charge on any atom is -0.346 e. The average Bonchev–Trinajstić information content (AvgIpc) is 2.63. The first-order valence-corrected chi connectivity index (χ1v) is 9.13. The highest BCUT2D eigenvalue weighted by molar-refractivity contribution is 6.31. The topological polar surface area (TPSA) is 84.0 Å². The number of nitrogens with one attached hydrogen (secondary N) is 2. The summed E-state index contributed by atoms with van der Waals surface area (Å²) in [5, 5.41) is 6.82. The lowest BCUT2D eigenvalue weighted by molar-refractivity contribution is 0.0857. The van der Waals surface area contributed by atoms with Crippen LogP contribution in [0.15, 0.2) is 36.7 Å². The van der Waals surface area contributed by atoms with E-state index in [1.807, 2.05) is 0 Å². The molecule has 1 saturated carbocycles. The Bertz CT molecular complexity index is 748. The molecule has 3 rings (SSSR count). The van der Waals surface area contributed by atoms with Crippen molar-refractivity contribution >= 4 is 35.0 Å². The van der Waals surface area contributed by atoms with Crippen molar-refractivity contribution in [2.75, 3.05) is 0 Å². The van der Waals surface area contributed by atoms with Crippen LogP contribution in [-0.2, 0) is 0 Å². The molecule has 2 aromatic rings. The van der Waals surface area contributed by atoms with Crippen LogP contribution in [0.1, 0.15) is 46.7 Å². The summed E-state index contributed by atoms with van der Waals surface area (Å²) < 4.78 is 0. The Kier molecular flexibility index (Phi) is 6.06. The molecule has 2 atom stereocenters. The first-order valence-electron chi connectivity index (χ1n) is 8.38. The predicted molar refractivity (Wildman–Crippen MR) is 99.5 cm³/mol. The maximum Gasteiger partial charge on any atom is 0.270 e. The Morgan fingerprint density at radius 2 is 1.27 bits per heavy atom. The normalized spacial score (nSPS) is 19.6. The first-order chi connectivity index (χ1) is 12.5. The third-order valence-electron chi connectivity index (χ3n) is 4.31. The van der Waals surface area contributed by atoms with Gasteiger partial charge in [0.15, 0.2) is 0 Å². The highest BCUT2D eigenvalue weighted by Crippen LogP contribution is 2.20. The third kappa shape index (κ3) is 4.71. The number of carbonyl (C=O) groups excluding carboxylic acids is 2. The van der Waals surface area contributed by atoms with Crippen molar-refractivity contribution in [2.45, 2.75) is 37.8 Å². The molecule has 2 amide bonds. The zero-order chi connectivity index (χ0) is 18.5. The maximum atomic E-state index is 12.4. The van der Waals surface area contributed by atoms with E-state index >= 15 is 0 Å². The van der Waals surface area contributed by atoms with Crippen LogP contribution in [0, 0.1) is 0 Å². The zero-order valence-corrected chi connectivity index (χ0v) is 15.4. The quantitative estimate of drug-likeness (QED) is 0.835. The SMILES string of the molecule is O=C(N[C@H]1CCCC[C@@H]1NC(=O)c1cc(Cl)ccn1)c1cc(Cl)ccn1. The first kappa shape index (κ1) is 18.6. The summed E-state index contributed by atoms with van der Waals surface area (Å²) in [5.74, 6) is -0.612. The fourth-order valence-electron chi connectivity index (χ4n) is 3.02. The summed E-state index contributed by atoms with van der Waals surface area (Å²) in [5.41, 5.74) is 0.509. The number of amides is 2. The number of carbonyl (C=O) groups is 2. The molecule has 136 valence electrons. The fourth-order valence-corrected chi connectivity index (χ4v) is 3.34. The van der Waals surface area contributed by atoms with Crippen LogP contribution in [-0.4, -0.2) is 33.9 Å². The van der Waals surface area contributed by atoms with Gasteiger partial charge < -0.3 is 10.6 Å². The molecule has 0 bridgehead atoms. The second kappa shape index (κ2) is 8.47. The van der Waals surface area contributed by atoms with Crippen molar-refractivity contribution in [3.8, 4) is 0 Å². The molecule has 1 aliphatic rings. The van der Waals surface area contributed by atoms with Gasteiger partial charge in [0, 0.05) is 34.5 Å². The molecule has 2 N–H and O–H groups in total. The second-order valence-corrected chi connectivity index (χ2v) is 7.04. The van der Waals surface area contributed by atoms with E-state index in [9.17, 15) is 9.59 Å². The van der Waals surface area contributed by atoms with Gasteiger partial charge in [-0.1, -0.05) is 36.0 Å². The number of hydrogen-bond acceptors (Lipinski definition) is 4. The average molecular weight is 393 g/mol. The summed E-state index contributed by atoms with van der Waals surface area (Å²) in [7, 11) is 0. The van der Waals surface area contributed by atoms with Gasteiger partial charge >= 0.3 is 0 Å². The molecule has 6 nitrogen and oxygen atoms in total. The zero-order valence-electron chi connectivity index (χ0n) is 13.9. The van der Waals surface area contributed by atoms with Crippen molar-refractivity contribution < 1.29 is 9.59 Å². The summed E-state index contributed by atoms with van der Waals surface area (Å²) in [6, 6.07) is 5.90. The highest BCUT2D eigenvalue weighted by Gasteiger charge is 2.29. The minimum absolute atomic E-state index is 0.180. The Hall–Kier alpha value is -2.18. The molecule has 0 unspecified atom stereocenters.